The third-order valence-corrected chi connectivity index (χ3v) is 4.94. The Balaban J connectivity index is 1.52. The monoisotopic (exact) mass is 307 g/mol. The molecule has 0 aromatic heterocycles. The van der Waals surface area contributed by atoms with Crippen LogP contribution in [0.25, 0.3) is 0 Å². The van der Waals surface area contributed by atoms with E-state index in [1.54, 1.807) is 0 Å². The Kier molecular flexibility index (Phi) is 4.05. The largest absolute Gasteiger partial charge is 0.303 e. The van der Waals surface area contributed by atoms with E-state index in [1.165, 1.54) is 61.8 Å². The molecule has 0 spiro atoms. The number of halogens is 1. The van der Waals surface area contributed by atoms with Crippen molar-refractivity contribution in [3.63, 3.8) is 0 Å². The van der Waals surface area contributed by atoms with Crippen molar-refractivity contribution < 1.29 is 0 Å². The lowest BCUT2D eigenvalue weighted by Gasteiger charge is -2.19. The quantitative estimate of drug-likeness (QED) is 0.798. The van der Waals surface area contributed by atoms with Gasteiger partial charge in [0.25, 0.3) is 0 Å². The summed E-state index contributed by atoms with van der Waals surface area (Å²) in [6.07, 6.45) is 7.11. The van der Waals surface area contributed by atoms with Crippen LogP contribution in [0.3, 0.4) is 0 Å². The highest BCUT2D eigenvalue weighted by Crippen LogP contribution is 2.48. The molecule has 2 heteroatoms. The molecule has 2 aliphatic rings. The minimum absolute atomic E-state index is 0.835. The van der Waals surface area contributed by atoms with Crippen molar-refractivity contribution in [2.45, 2.75) is 38.0 Å². The lowest BCUT2D eigenvalue weighted by molar-refractivity contribution is 0.272. The molecule has 0 bridgehead atoms. The molecule has 1 aromatic carbocycles. The van der Waals surface area contributed by atoms with Crippen LogP contribution in [0.2, 0.25) is 0 Å². The van der Waals surface area contributed by atoms with Gasteiger partial charge < -0.3 is 4.90 Å². The van der Waals surface area contributed by atoms with E-state index in [2.05, 4.69) is 45.1 Å². The summed E-state index contributed by atoms with van der Waals surface area (Å²) >= 11 is 3.51. The summed E-state index contributed by atoms with van der Waals surface area (Å²) < 4.78 is 1.19. The van der Waals surface area contributed by atoms with E-state index in [1.807, 2.05) is 0 Å². The van der Waals surface area contributed by atoms with Crippen LogP contribution in [-0.2, 0) is 0 Å². The summed E-state index contributed by atoms with van der Waals surface area (Å²) in [6, 6.07) is 8.93. The number of rotatable bonds is 3. The highest BCUT2D eigenvalue weighted by atomic mass is 79.9. The zero-order valence-electron chi connectivity index (χ0n) is 10.9. The van der Waals surface area contributed by atoms with Crippen molar-refractivity contribution in [3.05, 3.63) is 34.3 Å². The van der Waals surface area contributed by atoms with Crippen molar-refractivity contribution in [2.75, 3.05) is 19.6 Å². The molecule has 1 saturated carbocycles. The van der Waals surface area contributed by atoms with Gasteiger partial charge in [-0.15, -0.1) is 0 Å². The van der Waals surface area contributed by atoms with E-state index in [9.17, 15) is 0 Å². The van der Waals surface area contributed by atoms with Crippen LogP contribution in [0.15, 0.2) is 28.7 Å². The predicted molar refractivity (Wildman–Crippen MR) is 79.9 cm³/mol. The Morgan fingerprint density at radius 1 is 1.00 bits per heavy atom. The van der Waals surface area contributed by atoms with Crippen LogP contribution < -0.4 is 0 Å². The first-order chi connectivity index (χ1) is 8.83. The van der Waals surface area contributed by atoms with Crippen molar-refractivity contribution in [2.24, 2.45) is 5.92 Å². The number of hydrogen-bond acceptors (Lipinski definition) is 1. The molecule has 0 N–H and O–H groups in total. The Morgan fingerprint density at radius 2 is 1.67 bits per heavy atom. The number of nitrogens with zero attached hydrogens (tertiary/aromatic N) is 1. The minimum Gasteiger partial charge on any atom is -0.303 e. The standard InChI is InChI=1S/C16H22BrN/c17-15-7-5-13(6-8-15)16-11-14(16)12-18-9-3-1-2-4-10-18/h5-8,14,16H,1-4,9-12H2/t14-,16-/m1/s1. The molecule has 0 unspecified atom stereocenters. The zero-order valence-corrected chi connectivity index (χ0v) is 12.5. The Hall–Kier alpha value is -0.340. The van der Waals surface area contributed by atoms with Crippen LogP contribution >= 0.6 is 15.9 Å². The maximum atomic E-state index is 3.51. The van der Waals surface area contributed by atoms with E-state index in [-0.39, 0.29) is 0 Å². The average Bonchev–Trinajstić information content (AvgIpc) is 3.16. The molecule has 1 aliphatic heterocycles. The topological polar surface area (TPSA) is 3.24 Å². The number of hydrogen-bond donors (Lipinski definition) is 0. The molecule has 2 atom stereocenters. The molecule has 1 aliphatic carbocycles. The molecule has 1 heterocycles. The fourth-order valence-electron chi connectivity index (χ4n) is 3.22. The van der Waals surface area contributed by atoms with E-state index >= 15 is 0 Å². The molecule has 0 amide bonds. The van der Waals surface area contributed by atoms with Gasteiger partial charge in [0.1, 0.15) is 0 Å². The normalized spacial score (nSPS) is 28.9. The summed E-state index contributed by atoms with van der Waals surface area (Å²) in [6.45, 7) is 4.01. The molecule has 2 fully saturated rings. The third-order valence-electron chi connectivity index (χ3n) is 4.41. The molecule has 18 heavy (non-hydrogen) atoms. The second-order valence-electron chi connectivity index (χ2n) is 5.87. The summed E-state index contributed by atoms with van der Waals surface area (Å²) in [5, 5.41) is 0. The van der Waals surface area contributed by atoms with Gasteiger partial charge in [-0.3, -0.25) is 0 Å². The van der Waals surface area contributed by atoms with E-state index < -0.39 is 0 Å². The molecule has 0 radical (unpaired) electrons. The maximum absolute atomic E-state index is 3.51. The summed E-state index contributed by atoms with van der Waals surface area (Å²) in [5.74, 6) is 1.76. The van der Waals surface area contributed by atoms with Crippen LogP contribution in [-0.4, -0.2) is 24.5 Å². The molecule has 1 saturated heterocycles. The Labute approximate surface area is 119 Å². The fraction of sp³-hybridized carbons (Fsp3) is 0.625. The van der Waals surface area contributed by atoms with Gasteiger partial charge in [0.2, 0.25) is 0 Å². The number of likely N-dealkylation sites (tertiary alicyclic amines) is 1. The van der Waals surface area contributed by atoms with Crippen molar-refractivity contribution in [3.8, 4) is 0 Å². The van der Waals surface area contributed by atoms with Gasteiger partial charge in [-0.25, -0.2) is 0 Å². The smallest absolute Gasteiger partial charge is 0.0175 e. The van der Waals surface area contributed by atoms with Crippen LogP contribution in [0.1, 0.15) is 43.6 Å². The first kappa shape index (κ1) is 12.7. The predicted octanol–water partition coefficient (Wildman–Crippen LogP) is 4.43. The van der Waals surface area contributed by atoms with Gasteiger partial charge in [0.15, 0.2) is 0 Å². The maximum Gasteiger partial charge on any atom is 0.0175 e. The van der Waals surface area contributed by atoms with Gasteiger partial charge in [-0.05, 0) is 61.9 Å². The Bertz CT molecular complexity index is 379. The second-order valence-corrected chi connectivity index (χ2v) is 6.78. The van der Waals surface area contributed by atoms with Crippen molar-refractivity contribution in [1.82, 2.24) is 4.90 Å². The van der Waals surface area contributed by atoms with Crippen LogP contribution in [0.5, 0.6) is 0 Å². The number of benzene rings is 1. The molecule has 98 valence electrons. The van der Waals surface area contributed by atoms with Gasteiger partial charge in [0.05, 0.1) is 0 Å². The lowest BCUT2D eigenvalue weighted by atomic mass is 10.1. The zero-order chi connectivity index (χ0) is 12.4. The highest BCUT2D eigenvalue weighted by molar-refractivity contribution is 9.10. The summed E-state index contributed by atoms with van der Waals surface area (Å²) in [5.41, 5.74) is 1.54. The van der Waals surface area contributed by atoms with Crippen LogP contribution in [0.4, 0.5) is 0 Å². The lowest BCUT2D eigenvalue weighted by Crippen LogP contribution is -2.27. The van der Waals surface area contributed by atoms with E-state index in [0.717, 1.165) is 11.8 Å². The first-order valence-corrected chi connectivity index (χ1v) is 8.10. The molecular weight excluding hydrogens is 286 g/mol. The fourth-order valence-corrected chi connectivity index (χ4v) is 3.48. The highest BCUT2D eigenvalue weighted by Gasteiger charge is 2.39. The first-order valence-electron chi connectivity index (χ1n) is 7.31. The van der Waals surface area contributed by atoms with Gasteiger partial charge in [-0.2, -0.15) is 0 Å². The third kappa shape index (κ3) is 3.16. The van der Waals surface area contributed by atoms with E-state index in [0.29, 0.717) is 0 Å². The SMILES string of the molecule is Brc1ccc([C@H]2C[C@@H]2CN2CCCCCC2)cc1. The van der Waals surface area contributed by atoms with Crippen molar-refractivity contribution in [1.29, 1.82) is 0 Å². The van der Waals surface area contributed by atoms with Gasteiger partial charge >= 0.3 is 0 Å². The molecule has 1 nitrogen and oxygen atoms in total. The summed E-state index contributed by atoms with van der Waals surface area (Å²) in [7, 11) is 0. The molecule has 1 aromatic rings. The molecule has 3 rings (SSSR count). The molecular formula is C16H22BrN. The van der Waals surface area contributed by atoms with Crippen LogP contribution in [0, 0.1) is 5.92 Å². The minimum atomic E-state index is 0.835. The average molecular weight is 308 g/mol. The van der Waals surface area contributed by atoms with Gasteiger partial charge in [-0.1, -0.05) is 40.9 Å². The Morgan fingerprint density at radius 3 is 2.33 bits per heavy atom. The summed E-state index contributed by atoms with van der Waals surface area (Å²) in [4.78, 5) is 2.70. The van der Waals surface area contributed by atoms with E-state index in [4.69, 9.17) is 0 Å². The second kappa shape index (κ2) is 5.75. The van der Waals surface area contributed by atoms with Gasteiger partial charge in [0, 0.05) is 11.0 Å². The van der Waals surface area contributed by atoms with Crippen molar-refractivity contribution >= 4 is 15.9 Å².